The van der Waals surface area contributed by atoms with E-state index in [0.717, 1.165) is 10.5 Å². The molecule has 2 atom stereocenters. The molecule has 1 aromatic carbocycles. The molecular weight excluding hydrogens is 292 g/mol. The molecule has 2 saturated heterocycles. The lowest BCUT2D eigenvalue weighted by atomic mass is 10.2. The van der Waals surface area contributed by atoms with Crippen molar-refractivity contribution in [1.82, 2.24) is 4.90 Å². The van der Waals surface area contributed by atoms with Crippen molar-refractivity contribution in [1.29, 1.82) is 0 Å². The molecule has 0 spiro atoms. The van der Waals surface area contributed by atoms with Crippen LogP contribution in [0.3, 0.4) is 0 Å². The Hall–Kier alpha value is -2.02. The minimum absolute atomic E-state index is 0.289. The van der Waals surface area contributed by atoms with Gasteiger partial charge in [0.05, 0.1) is 12.8 Å². The zero-order chi connectivity index (χ0) is 15.1. The first-order chi connectivity index (χ1) is 10.0. The number of hydrogen-bond donors (Lipinski definition) is 0. The Morgan fingerprint density at radius 2 is 1.95 bits per heavy atom. The topological polar surface area (TPSA) is 66.9 Å². The maximum absolute atomic E-state index is 12.5. The van der Waals surface area contributed by atoms with E-state index in [1.807, 2.05) is 19.1 Å². The number of anilines is 1. The van der Waals surface area contributed by atoms with E-state index in [2.05, 4.69) is 0 Å². The van der Waals surface area contributed by atoms with Gasteiger partial charge in [-0.25, -0.2) is 14.5 Å². The smallest absolute Gasteiger partial charge is 0.339 e. The van der Waals surface area contributed by atoms with Gasteiger partial charge in [-0.05, 0) is 19.1 Å². The number of benzene rings is 1. The predicted molar refractivity (Wildman–Crippen MR) is 78.0 cm³/mol. The van der Waals surface area contributed by atoms with Crippen molar-refractivity contribution < 1.29 is 19.1 Å². The summed E-state index contributed by atoms with van der Waals surface area (Å²) in [4.78, 5) is 39.1. The molecule has 0 aromatic heterocycles. The minimum atomic E-state index is -0.744. The molecule has 0 bridgehead atoms. The molecule has 2 heterocycles. The van der Waals surface area contributed by atoms with Crippen molar-refractivity contribution in [3.05, 3.63) is 29.8 Å². The number of thioether (sulfide) groups is 1. The van der Waals surface area contributed by atoms with E-state index in [4.69, 9.17) is 4.74 Å². The molecule has 21 heavy (non-hydrogen) atoms. The number of urea groups is 1. The van der Waals surface area contributed by atoms with Crippen molar-refractivity contribution in [2.24, 2.45) is 0 Å². The minimum Gasteiger partial charge on any atom is -0.467 e. The normalized spacial score (nSPS) is 24.5. The SMILES string of the molecule is COC(=O)C1SC[C@H]2C(=O)N(c3ccc(C)cc3)C(=O)N12. The predicted octanol–water partition coefficient (Wildman–Crippen LogP) is 1.38. The third kappa shape index (κ3) is 2.08. The molecule has 3 amide bonds. The van der Waals surface area contributed by atoms with Gasteiger partial charge in [-0.2, -0.15) is 0 Å². The Balaban J connectivity index is 1.93. The lowest BCUT2D eigenvalue weighted by Gasteiger charge is -2.20. The highest BCUT2D eigenvalue weighted by Crippen LogP contribution is 2.37. The first kappa shape index (κ1) is 13.9. The standard InChI is InChI=1S/C14H14N2O4S/c1-8-3-5-9(6-4-8)15-11(17)10-7-21-12(13(18)20-2)16(10)14(15)19/h3-6,10,12H,7H2,1-2H3/t10-,12?/m0/s1. The van der Waals surface area contributed by atoms with Gasteiger partial charge in [-0.1, -0.05) is 17.7 Å². The maximum Gasteiger partial charge on any atom is 0.339 e. The molecule has 3 rings (SSSR count). The van der Waals surface area contributed by atoms with Crippen LogP contribution in [-0.4, -0.2) is 47.1 Å². The molecule has 0 N–H and O–H groups in total. The number of ether oxygens (including phenoxy) is 1. The van der Waals surface area contributed by atoms with E-state index in [1.54, 1.807) is 12.1 Å². The average Bonchev–Trinajstić information content (AvgIpc) is 3.01. The number of methoxy groups -OCH3 is 1. The van der Waals surface area contributed by atoms with Crippen LogP contribution in [0.25, 0.3) is 0 Å². The fourth-order valence-electron chi connectivity index (χ4n) is 2.50. The van der Waals surface area contributed by atoms with Gasteiger partial charge >= 0.3 is 12.0 Å². The van der Waals surface area contributed by atoms with Crippen LogP contribution in [-0.2, 0) is 14.3 Å². The van der Waals surface area contributed by atoms with E-state index in [-0.39, 0.29) is 5.91 Å². The summed E-state index contributed by atoms with van der Waals surface area (Å²) in [7, 11) is 1.27. The van der Waals surface area contributed by atoms with Crippen LogP contribution >= 0.6 is 11.8 Å². The summed E-state index contributed by atoms with van der Waals surface area (Å²) in [5.41, 5.74) is 1.57. The Bertz CT molecular complexity index is 616. The molecular formula is C14H14N2O4S. The summed E-state index contributed by atoms with van der Waals surface area (Å²) in [6.45, 7) is 1.93. The van der Waals surface area contributed by atoms with Crippen LogP contribution in [0.1, 0.15) is 5.56 Å². The first-order valence-corrected chi connectivity index (χ1v) is 7.52. The molecule has 0 radical (unpaired) electrons. The van der Waals surface area contributed by atoms with Crippen LogP contribution in [0.15, 0.2) is 24.3 Å². The van der Waals surface area contributed by atoms with E-state index < -0.39 is 23.4 Å². The van der Waals surface area contributed by atoms with Gasteiger partial charge < -0.3 is 4.74 Å². The molecule has 6 nitrogen and oxygen atoms in total. The molecule has 2 fully saturated rings. The van der Waals surface area contributed by atoms with Crippen molar-refractivity contribution >= 4 is 35.4 Å². The molecule has 1 aromatic rings. The molecule has 1 unspecified atom stereocenters. The van der Waals surface area contributed by atoms with Gasteiger partial charge in [-0.3, -0.25) is 9.69 Å². The summed E-state index contributed by atoms with van der Waals surface area (Å²) in [5.74, 6) is -0.385. The van der Waals surface area contributed by atoms with Gasteiger partial charge in [0, 0.05) is 5.75 Å². The third-order valence-corrected chi connectivity index (χ3v) is 4.86. The van der Waals surface area contributed by atoms with Crippen molar-refractivity contribution in [2.45, 2.75) is 18.3 Å². The number of carbonyl (C=O) groups excluding carboxylic acids is 3. The Labute approximate surface area is 126 Å². The zero-order valence-electron chi connectivity index (χ0n) is 11.6. The van der Waals surface area contributed by atoms with E-state index in [9.17, 15) is 14.4 Å². The van der Waals surface area contributed by atoms with Crippen molar-refractivity contribution in [2.75, 3.05) is 17.8 Å². The second-order valence-corrected chi connectivity index (χ2v) is 6.04. The zero-order valence-corrected chi connectivity index (χ0v) is 12.4. The number of imide groups is 1. The van der Waals surface area contributed by atoms with Crippen molar-refractivity contribution in [3.63, 3.8) is 0 Å². The number of esters is 1. The fourth-order valence-corrected chi connectivity index (χ4v) is 3.80. The number of carbonyl (C=O) groups is 3. The Kier molecular flexibility index (Phi) is 3.36. The van der Waals surface area contributed by atoms with Crippen LogP contribution in [0.5, 0.6) is 0 Å². The number of fused-ring (bicyclic) bond motifs is 1. The number of aryl methyl sites for hydroxylation is 1. The van der Waals surface area contributed by atoms with E-state index >= 15 is 0 Å². The summed E-state index contributed by atoms with van der Waals surface area (Å²) in [6, 6.07) is 6.08. The quantitative estimate of drug-likeness (QED) is 0.610. The van der Waals surface area contributed by atoms with Crippen LogP contribution < -0.4 is 4.90 Å². The van der Waals surface area contributed by atoms with E-state index in [1.165, 1.54) is 23.8 Å². The van der Waals surface area contributed by atoms with Gasteiger partial charge in [0.2, 0.25) is 0 Å². The number of hydrogen-bond acceptors (Lipinski definition) is 5. The van der Waals surface area contributed by atoms with Crippen LogP contribution in [0.4, 0.5) is 10.5 Å². The Morgan fingerprint density at radius 1 is 1.29 bits per heavy atom. The monoisotopic (exact) mass is 306 g/mol. The second-order valence-electron chi connectivity index (χ2n) is 4.92. The molecule has 2 aliphatic heterocycles. The lowest BCUT2D eigenvalue weighted by Crippen LogP contribution is -2.41. The third-order valence-electron chi connectivity index (χ3n) is 3.61. The Morgan fingerprint density at radius 3 is 2.57 bits per heavy atom. The average molecular weight is 306 g/mol. The number of rotatable bonds is 2. The molecule has 7 heteroatoms. The maximum atomic E-state index is 12.5. The summed E-state index contributed by atoms with van der Waals surface area (Å²) in [6.07, 6.45) is 0. The lowest BCUT2D eigenvalue weighted by molar-refractivity contribution is -0.142. The van der Waals surface area contributed by atoms with Gasteiger partial charge in [0.1, 0.15) is 6.04 Å². The highest BCUT2D eigenvalue weighted by molar-refractivity contribution is 8.00. The summed E-state index contributed by atoms with van der Waals surface area (Å²) in [5, 5.41) is -0.744. The van der Waals surface area contributed by atoms with Crippen LogP contribution in [0, 0.1) is 6.92 Å². The molecule has 110 valence electrons. The van der Waals surface area contributed by atoms with Gasteiger partial charge in [0.15, 0.2) is 5.37 Å². The van der Waals surface area contributed by atoms with Crippen LogP contribution in [0.2, 0.25) is 0 Å². The molecule has 0 aliphatic carbocycles. The number of nitrogens with zero attached hydrogens (tertiary/aromatic N) is 2. The van der Waals surface area contributed by atoms with Crippen molar-refractivity contribution in [3.8, 4) is 0 Å². The highest BCUT2D eigenvalue weighted by Gasteiger charge is 2.55. The largest absolute Gasteiger partial charge is 0.467 e. The second kappa shape index (κ2) is 5.07. The fraction of sp³-hybridized carbons (Fsp3) is 0.357. The first-order valence-electron chi connectivity index (χ1n) is 6.47. The number of amides is 3. The van der Waals surface area contributed by atoms with Gasteiger partial charge in [0.25, 0.3) is 5.91 Å². The summed E-state index contributed by atoms with van der Waals surface area (Å²) < 4.78 is 4.70. The van der Waals surface area contributed by atoms with E-state index in [0.29, 0.717) is 11.4 Å². The molecule has 2 aliphatic rings. The molecule has 0 saturated carbocycles. The summed E-state index contributed by atoms with van der Waals surface area (Å²) >= 11 is 1.26. The van der Waals surface area contributed by atoms with Gasteiger partial charge in [-0.15, -0.1) is 11.8 Å². The highest BCUT2D eigenvalue weighted by atomic mass is 32.2.